The van der Waals surface area contributed by atoms with Gasteiger partial charge in [0.1, 0.15) is 0 Å². The summed E-state index contributed by atoms with van der Waals surface area (Å²) >= 11 is 1.83. The summed E-state index contributed by atoms with van der Waals surface area (Å²) in [5.41, 5.74) is 0. The molecule has 1 atom stereocenters. The molecule has 0 saturated carbocycles. The van der Waals surface area contributed by atoms with Crippen LogP contribution in [0.2, 0.25) is 0 Å². The fourth-order valence-electron chi connectivity index (χ4n) is 2.91. The maximum Gasteiger partial charge on any atom is 0.191 e. The number of guanidine groups is 1. The molecule has 2 N–H and O–H groups in total. The standard InChI is InChI=1S/C17H30N4S/c1-4-9-21-10-8-15(13-21)11-19-17(18-5-2)20-12-16-7-6-14(3)22-16/h6-7,15H,4-5,8-13H2,1-3H3,(H2,18,19,20). The first-order chi connectivity index (χ1) is 10.7. The molecule has 0 bridgehead atoms. The van der Waals surface area contributed by atoms with Crippen LogP contribution >= 0.6 is 11.3 Å². The number of likely N-dealkylation sites (tertiary alicyclic amines) is 1. The first kappa shape index (κ1) is 17.3. The lowest BCUT2D eigenvalue weighted by Gasteiger charge is -2.16. The Morgan fingerprint density at radius 1 is 1.36 bits per heavy atom. The van der Waals surface area contributed by atoms with Crippen LogP contribution in [-0.4, -0.2) is 43.6 Å². The zero-order chi connectivity index (χ0) is 15.8. The molecule has 2 heterocycles. The average Bonchev–Trinajstić information content (AvgIpc) is 3.11. The van der Waals surface area contributed by atoms with E-state index in [1.54, 1.807) is 0 Å². The predicted molar refractivity (Wildman–Crippen MR) is 96.7 cm³/mol. The Kier molecular flexibility index (Phi) is 7.19. The summed E-state index contributed by atoms with van der Waals surface area (Å²) < 4.78 is 0. The quantitative estimate of drug-likeness (QED) is 0.599. The minimum atomic E-state index is 0.749. The van der Waals surface area contributed by atoms with Crippen LogP contribution < -0.4 is 10.6 Å². The lowest BCUT2D eigenvalue weighted by molar-refractivity contribution is 0.324. The zero-order valence-electron chi connectivity index (χ0n) is 14.2. The molecule has 1 aliphatic heterocycles. The smallest absolute Gasteiger partial charge is 0.191 e. The number of aryl methyl sites for hydroxylation is 1. The van der Waals surface area contributed by atoms with Crippen LogP contribution in [0.4, 0.5) is 0 Å². The Labute approximate surface area is 139 Å². The van der Waals surface area contributed by atoms with Gasteiger partial charge in [0.15, 0.2) is 5.96 Å². The van der Waals surface area contributed by atoms with Gasteiger partial charge in [-0.05, 0) is 57.8 Å². The van der Waals surface area contributed by atoms with Gasteiger partial charge in [0, 0.05) is 29.4 Å². The second kappa shape index (κ2) is 9.16. The summed E-state index contributed by atoms with van der Waals surface area (Å²) in [6, 6.07) is 4.34. The van der Waals surface area contributed by atoms with Crippen molar-refractivity contribution < 1.29 is 0 Å². The van der Waals surface area contributed by atoms with Crippen molar-refractivity contribution in [1.82, 2.24) is 15.5 Å². The summed E-state index contributed by atoms with van der Waals surface area (Å²) in [5.74, 6) is 1.70. The SMILES string of the molecule is CCCN1CCC(CNC(=NCc2ccc(C)s2)NCC)C1. The van der Waals surface area contributed by atoms with E-state index >= 15 is 0 Å². The fourth-order valence-corrected chi connectivity index (χ4v) is 3.72. The molecule has 0 radical (unpaired) electrons. The van der Waals surface area contributed by atoms with Crippen molar-refractivity contribution in [3.05, 3.63) is 21.9 Å². The largest absolute Gasteiger partial charge is 0.357 e. The Hall–Kier alpha value is -1.07. The van der Waals surface area contributed by atoms with E-state index in [1.165, 1.54) is 42.2 Å². The van der Waals surface area contributed by atoms with E-state index in [4.69, 9.17) is 4.99 Å². The first-order valence-electron chi connectivity index (χ1n) is 8.51. The zero-order valence-corrected chi connectivity index (χ0v) is 15.0. The van der Waals surface area contributed by atoms with Gasteiger partial charge in [0.2, 0.25) is 0 Å². The molecule has 0 aromatic carbocycles. The second-order valence-electron chi connectivity index (χ2n) is 6.04. The van der Waals surface area contributed by atoms with Gasteiger partial charge in [-0.2, -0.15) is 0 Å². The molecule has 1 aromatic rings. The first-order valence-corrected chi connectivity index (χ1v) is 9.32. The van der Waals surface area contributed by atoms with Crippen LogP contribution in [-0.2, 0) is 6.54 Å². The van der Waals surface area contributed by atoms with E-state index in [-0.39, 0.29) is 0 Å². The Morgan fingerprint density at radius 3 is 2.91 bits per heavy atom. The highest BCUT2D eigenvalue weighted by Crippen LogP contribution is 2.16. The monoisotopic (exact) mass is 322 g/mol. The third-order valence-electron chi connectivity index (χ3n) is 4.00. The molecule has 1 aromatic heterocycles. The van der Waals surface area contributed by atoms with Gasteiger partial charge in [-0.15, -0.1) is 11.3 Å². The van der Waals surface area contributed by atoms with Crippen LogP contribution in [0.1, 0.15) is 36.4 Å². The van der Waals surface area contributed by atoms with Gasteiger partial charge in [0.25, 0.3) is 0 Å². The highest BCUT2D eigenvalue weighted by Gasteiger charge is 2.21. The average molecular weight is 323 g/mol. The summed E-state index contributed by atoms with van der Waals surface area (Å²) in [7, 11) is 0. The molecule has 124 valence electrons. The molecule has 0 aliphatic carbocycles. The van der Waals surface area contributed by atoms with E-state index in [9.17, 15) is 0 Å². The van der Waals surface area contributed by atoms with Crippen molar-refractivity contribution in [1.29, 1.82) is 0 Å². The highest BCUT2D eigenvalue weighted by atomic mass is 32.1. The summed E-state index contributed by atoms with van der Waals surface area (Å²) in [4.78, 5) is 9.95. The number of rotatable bonds is 7. The Balaban J connectivity index is 1.78. The van der Waals surface area contributed by atoms with Crippen LogP contribution in [0.15, 0.2) is 17.1 Å². The van der Waals surface area contributed by atoms with E-state index in [1.807, 2.05) is 11.3 Å². The van der Waals surface area contributed by atoms with Crippen LogP contribution in [0, 0.1) is 12.8 Å². The molecule has 1 fully saturated rings. The Bertz CT molecular complexity index is 469. The van der Waals surface area contributed by atoms with Gasteiger partial charge >= 0.3 is 0 Å². The second-order valence-corrected chi connectivity index (χ2v) is 7.42. The molecule has 2 rings (SSSR count). The van der Waals surface area contributed by atoms with Gasteiger partial charge in [-0.1, -0.05) is 6.92 Å². The molecule has 4 nitrogen and oxygen atoms in total. The van der Waals surface area contributed by atoms with Crippen LogP contribution in [0.25, 0.3) is 0 Å². The van der Waals surface area contributed by atoms with Gasteiger partial charge in [-0.25, -0.2) is 4.99 Å². The molecular formula is C17H30N4S. The van der Waals surface area contributed by atoms with Crippen molar-refractivity contribution in [3.8, 4) is 0 Å². The van der Waals surface area contributed by atoms with Crippen molar-refractivity contribution in [2.24, 2.45) is 10.9 Å². The van der Waals surface area contributed by atoms with E-state index in [0.717, 1.165) is 31.5 Å². The minimum absolute atomic E-state index is 0.749. The minimum Gasteiger partial charge on any atom is -0.357 e. The van der Waals surface area contributed by atoms with Crippen LogP contribution in [0.5, 0.6) is 0 Å². The highest BCUT2D eigenvalue weighted by molar-refractivity contribution is 7.11. The van der Waals surface area contributed by atoms with Gasteiger partial charge in [0.05, 0.1) is 6.54 Å². The van der Waals surface area contributed by atoms with Gasteiger partial charge in [-0.3, -0.25) is 0 Å². The number of hydrogen-bond acceptors (Lipinski definition) is 3. The summed E-state index contributed by atoms with van der Waals surface area (Å²) in [6.07, 6.45) is 2.56. The number of thiophene rings is 1. The molecule has 1 saturated heterocycles. The predicted octanol–water partition coefficient (Wildman–Crippen LogP) is 2.84. The Morgan fingerprint density at radius 2 is 2.23 bits per heavy atom. The van der Waals surface area contributed by atoms with Crippen molar-refractivity contribution >= 4 is 17.3 Å². The van der Waals surface area contributed by atoms with Crippen molar-refractivity contribution in [3.63, 3.8) is 0 Å². The number of aliphatic imine (C=N–C) groups is 1. The molecule has 5 heteroatoms. The van der Waals surface area contributed by atoms with Crippen molar-refractivity contribution in [2.75, 3.05) is 32.7 Å². The molecule has 1 unspecified atom stereocenters. The third-order valence-corrected chi connectivity index (χ3v) is 4.99. The molecule has 1 aliphatic rings. The number of nitrogens with zero attached hydrogens (tertiary/aromatic N) is 2. The summed E-state index contributed by atoms with van der Waals surface area (Å²) in [5, 5.41) is 6.87. The molecule has 0 spiro atoms. The summed E-state index contributed by atoms with van der Waals surface area (Å²) in [6.45, 7) is 12.9. The topological polar surface area (TPSA) is 39.7 Å². The maximum atomic E-state index is 4.70. The normalized spacial score (nSPS) is 19.6. The van der Waals surface area contributed by atoms with E-state index in [0.29, 0.717) is 0 Å². The van der Waals surface area contributed by atoms with Gasteiger partial charge < -0.3 is 15.5 Å². The molecule has 0 amide bonds. The number of hydrogen-bond donors (Lipinski definition) is 2. The molecule has 22 heavy (non-hydrogen) atoms. The van der Waals surface area contributed by atoms with E-state index in [2.05, 4.69) is 48.4 Å². The van der Waals surface area contributed by atoms with E-state index < -0.39 is 0 Å². The lowest BCUT2D eigenvalue weighted by Crippen LogP contribution is -2.40. The fraction of sp³-hybridized carbons (Fsp3) is 0.706. The molecular weight excluding hydrogens is 292 g/mol. The van der Waals surface area contributed by atoms with Crippen LogP contribution in [0.3, 0.4) is 0 Å². The van der Waals surface area contributed by atoms with Crippen molar-refractivity contribution in [2.45, 2.75) is 40.2 Å². The maximum absolute atomic E-state index is 4.70. The lowest BCUT2D eigenvalue weighted by atomic mass is 10.1. The third kappa shape index (κ3) is 5.61. The number of nitrogens with one attached hydrogen (secondary N) is 2.